The number of nitrogens with two attached hydrogens (primary N) is 1. The molecule has 14 nitrogen and oxygen atoms in total. The number of rotatable bonds is 14. The lowest BCUT2D eigenvalue weighted by Crippen LogP contribution is -2.48. The molecule has 50 heavy (non-hydrogen) atoms. The van der Waals surface area contributed by atoms with Crippen molar-refractivity contribution in [2.45, 2.75) is 83.3 Å². The van der Waals surface area contributed by atoms with Crippen LogP contribution >= 0.6 is 0 Å². The average Bonchev–Trinajstić information content (AvgIpc) is 3.43. The van der Waals surface area contributed by atoms with Crippen molar-refractivity contribution in [1.29, 1.82) is 0 Å². The summed E-state index contributed by atoms with van der Waals surface area (Å²) in [5.41, 5.74) is 8.20. The summed E-state index contributed by atoms with van der Waals surface area (Å²) in [5, 5.41) is 19.4. The standard InChI is InChI=1S/C35H48N6O8S/c1-22-19-41(23(2)21-42)34(45)18-26-17-27(37-32(43)13-7-6-8-14-33(44)38-29-12-10-9-11-28(29)36)15-16-30(26)48-31(22)20-40(5)50(46,47)35-24(3)39-49-25(35)4/h9-12,15-17,22-23,31,42H,6-8,13-14,18-21,36H2,1-5H3,(H,37,43)(H,38,44)/t22-,23-,31+/m1/s1. The number of nitrogens with one attached hydrogen (secondary N) is 2. The molecule has 272 valence electrons. The Kier molecular flexibility index (Phi) is 13.0. The van der Waals surface area contributed by atoms with Crippen molar-refractivity contribution >= 4 is 44.8 Å². The second-order valence-electron chi connectivity index (χ2n) is 12.9. The van der Waals surface area contributed by atoms with Crippen LogP contribution in [-0.2, 0) is 30.8 Å². The fraction of sp³-hybridized carbons (Fsp3) is 0.486. The highest BCUT2D eigenvalue weighted by molar-refractivity contribution is 7.89. The number of para-hydroxylation sites is 2. The molecule has 0 bridgehead atoms. The summed E-state index contributed by atoms with van der Waals surface area (Å²) in [7, 11) is -2.52. The van der Waals surface area contributed by atoms with Crippen LogP contribution < -0.4 is 21.1 Å². The molecule has 0 unspecified atom stereocenters. The Bertz CT molecular complexity index is 1760. The van der Waals surface area contributed by atoms with Crippen LogP contribution in [0.4, 0.5) is 17.1 Å². The number of hydrogen-bond donors (Lipinski definition) is 4. The van der Waals surface area contributed by atoms with Crippen LogP contribution in [-0.4, -0.2) is 84.5 Å². The van der Waals surface area contributed by atoms with Crippen LogP contribution in [0.2, 0.25) is 0 Å². The Morgan fingerprint density at radius 3 is 2.42 bits per heavy atom. The summed E-state index contributed by atoms with van der Waals surface area (Å²) in [6, 6.07) is 11.6. The minimum absolute atomic E-state index is 0.00127. The number of unbranched alkanes of at least 4 members (excludes halogenated alkanes) is 2. The van der Waals surface area contributed by atoms with Crippen LogP contribution in [0.25, 0.3) is 0 Å². The quantitative estimate of drug-likeness (QED) is 0.141. The van der Waals surface area contributed by atoms with Crippen LogP contribution in [0.3, 0.4) is 0 Å². The third kappa shape index (κ3) is 9.61. The monoisotopic (exact) mass is 712 g/mol. The second-order valence-corrected chi connectivity index (χ2v) is 14.9. The summed E-state index contributed by atoms with van der Waals surface area (Å²) in [6.45, 7) is 6.66. The van der Waals surface area contributed by atoms with Gasteiger partial charge in [-0.15, -0.1) is 0 Å². The minimum atomic E-state index is -3.98. The Labute approximate surface area is 293 Å². The fourth-order valence-electron chi connectivity index (χ4n) is 5.87. The first-order valence-corrected chi connectivity index (χ1v) is 18.2. The molecule has 4 rings (SSSR count). The van der Waals surface area contributed by atoms with Gasteiger partial charge in [0.2, 0.25) is 27.7 Å². The molecule has 0 saturated carbocycles. The first-order valence-electron chi connectivity index (χ1n) is 16.7. The van der Waals surface area contributed by atoms with E-state index < -0.39 is 22.2 Å². The number of anilines is 3. The molecule has 0 saturated heterocycles. The van der Waals surface area contributed by atoms with E-state index in [9.17, 15) is 27.9 Å². The van der Waals surface area contributed by atoms with E-state index in [0.29, 0.717) is 54.1 Å². The topological polar surface area (TPSA) is 197 Å². The zero-order chi connectivity index (χ0) is 36.6. The second kappa shape index (κ2) is 17.0. The van der Waals surface area contributed by atoms with Crippen molar-refractivity contribution in [3.05, 3.63) is 59.5 Å². The van der Waals surface area contributed by atoms with E-state index in [-0.39, 0.29) is 72.5 Å². The van der Waals surface area contributed by atoms with Gasteiger partial charge in [-0.3, -0.25) is 14.4 Å². The van der Waals surface area contributed by atoms with Gasteiger partial charge in [0.05, 0.1) is 37.0 Å². The number of fused-ring (bicyclic) bond motifs is 1. The van der Waals surface area contributed by atoms with E-state index >= 15 is 0 Å². The highest BCUT2D eigenvalue weighted by Gasteiger charge is 2.35. The number of carbonyl (C=O) groups is 3. The molecule has 0 spiro atoms. The Hall–Kier alpha value is -4.47. The molecule has 0 radical (unpaired) electrons. The van der Waals surface area contributed by atoms with E-state index in [1.807, 2.05) is 6.92 Å². The number of sulfonamides is 1. The van der Waals surface area contributed by atoms with Crippen molar-refractivity contribution in [3.8, 4) is 5.75 Å². The van der Waals surface area contributed by atoms with Crippen molar-refractivity contribution in [1.82, 2.24) is 14.4 Å². The molecule has 1 aliphatic rings. The summed E-state index contributed by atoms with van der Waals surface area (Å²) in [5.74, 6) is -0.340. The largest absolute Gasteiger partial charge is 0.488 e. The molecule has 2 heterocycles. The average molecular weight is 713 g/mol. The molecule has 0 fully saturated rings. The normalized spacial score (nSPS) is 17.3. The first kappa shape index (κ1) is 38.3. The third-order valence-corrected chi connectivity index (χ3v) is 10.9. The predicted molar refractivity (Wildman–Crippen MR) is 189 cm³/mol. The van der Waals surface area contributed by atoms with Gasteiger partial charge in [-0.25, -0.2) is 8.42 Å². The molecule has 15 heteroatoms. The van der Waals surface area contributed by atoms with Crippen LogP contribution in [0.5, 0.6) is 5.75 Å². The van der Waals surface area contributed by atoms with Gasteiger partial charge >= 0.3 is 0 Å². The Morgan fingerprint density at radius 1 is 1.10 bits per heavy atom. The number of aliphatic hydroxyl groups excluding tert-OH is 1. The number of carbonyl (C=O) groups excluding carboxylic acids is 3. The van der Waals surface area contributed by atoms with Gasteiger partial charge in [0.25, 0.3) is 0 Å². The van der Waals surface area contributed by atoms with Gasteiger partial charge in [-0.2, -0.15) is 4.31 Å². The van der Waals surface area contributed by atoms with Crippen molar-refractivity contribution in [3.63, 3.8) is 0 Å². The highest BCUT2D eigenvalue weighted by atomic mass is 32.2. The maximum atomic E-state index is 13.6. The van der Waals surface area contributed by atoms with Crippen LogP contribution in [0.1, 0.15) is 63.0 Å². The molecule has 0 aliphatic carbocycles. The van der Waals surface area contributed by atoms with Gasteiger partial charge in [-0.05, 0) is 63.9 Å². The number of likely N-dealkylation sites (N-methyl/N-ethyl adjacent to an activating group) is 1. The summed E-state index contributed by atoms with van der Waals surface area (Å²) >= 11 is 0. The number of aromatic nitrogens is 1. The number of aryl methyl sites for hydroxylation is 2. The number of nitrogens with zero attached hydrogens (tertiary/aromatic N) is 3. The SMILES string of the molecule is Cc1noc(C)c1S(=O)(=O)N(C)C[C@@H]1Oc2ccc(NC(=O)CCCCCC(=O)Nc3ccccc3N)cc2CC(=O)N([C@H](C)CO)C[C@H]1C. The van der Waals surface area contributed by atoms with E-state index in [0.717, 1.165) is 0 Å². The zero-order valence-electron chi connectivity index (χ0n) is 29.3. The summed E-state index contributed by atoms with van der Waals surface area (Å²) in [4.78, 5) is 40.2. The van der Waals surface area contributed by atoms with Gasteiger partial charge in [0.15, 0.2) is 5.76 Å². The number of amides is 3. The molecular formula is C35H48N6O8S. The maximum Gasteiger partial charge on any atom is 0.248 e. The molecule has 5 N–H and O–H groups in total. The molecule has 1 aliphatic heterocycles. The molecule has 3 amide bonds. The van der Waals surface area contributed by atoms with Crippen molar-refractivity contribution < 1.29 is 37.2 Å². The summed E-state index contributed by atoms with van der Waals surface area (Å²) in [6.07, 6.45) is 1.69. The Morgan fingerprint density at radius 2 is 1.78 bits per heavy atom. The predicted octanol–water partition coefficient (Wildman–Crippen LogP) is 3.87. The van der Waals surface area contributed by atoms with E-state index in [1.165, 1.54) is 18.3 Å². The molecule has 3 aromatic rings. The first-order chi connectivity index (χ1) is 23.7. The molecule has 1 aromatic heterocycles. The number of ether oxygens (including phenoxy) is 1. The van der Waals surface area contributed by atoms with E-state index in [2.05, 4.69) is 15.8 Å². The van der Waals surface area contributed by atoms with E-state index in [1.54, 1.807) is 61.2 Å². The summed E-state index contributed by atoms with van der Waals surface area (Å²) < 4.78 is 39.8. The van der Waals surface area contributed by atoms with Gasteiger partial charge in [0, 0.05) is 43.6 Å². The number of hydrogen-bond acceptors (Lipinski definition) is 10. The van der Waals surface area contributed by atoms with E-state index in [4.69, 9.17) is 15.0 Å². The maximum absolute atomic E-state index is 13.6. The zero-order valence-corrected chi connectivity index (χ0v) is 30.1. The van der Waals surface area contributed by atoms with Crippen molar-refractivity contribution in [2.24, 2.45) is 5.92 Å². The van der Waals surface area contributed by atoms with Crippen LogP contribution in [0, 0.1) is 19.8 Å². The fourth-order valence-corrected chi connectivity index (χ4v) is 7.34. The lowest BCUT2D eigenvalue weighted by atomic mass is 10.0. The van der Waals surface area contributed by atoms with Gasteiger partial charge in [-0.1, -0.05) is 30.6 Å². The molecular weight excluding hydrogens is 664 g/mol. The minimum Gasteiger partial charge on any atom is -0.488 e. The number of nitrogen functional groups attached to an aromatic ring is 1. The van der Waals surface area contributed by atoms with Crippen molar-refractivity contribution in [2.75, 3.05) is 43.1 Å². The number of benzene rings is 2. The third-order valence-electron chi connectivity index (χ3n) is 8.82. The molecule has 3 atom stereocenters. The van der Waals surface area contributed by atoms with Gasteiger partial charge in [0.1, 0.15) is 22.4 Å². The van der Waals surface area contributed by atoms with Gasteiger partial charge < -0.3 is 35.6 Å². The molecule has 2 aromatic carbocycles. The van der Waals surface area contributed by atoms with Crippen LogP contribution in [0.15, 0.2) is 51.9 Å². The Balaban J connectivity index is 1.42. The lowest BCUT2D eigenvalue weighted by Gasteiger charge is -2.33. The number of aliphatic hydroxyl groups is 1. The smallest absolute Gasteiger partial charge is 0.248 e. The lowest BCUT2D eigenvalue weighted by molar-refractivity contribution is -0.134. The highest BCUT2D eigenvalue weighted by Crippen LogP contribution is 2.31.